The standard InChI is InChI=1S/C20H32O/c1-15(14-20(2,3)4)12-18(21)13-17-10-7-9-16-8-5-6-11-19(16)17/h5-6,8,11,15,17-18,21H,7,9-10,12-14H2,1-4H3. The molecule has 0 spiro atoms. The molecule has 3 atom stereocenters. The van der Waals surface area contributed by atoms with Crippen molar-refractivity contribution in [2.24, 2.45) is 11.3 Å². The molecule has 2 rings (SSSR count). The van der Waals surface area contributed by atoms with Crippen molar-refractivity contribution in [3.05, 3.63) is 35.4 Å². The zero-order chi connectivity index (χ0) is 15.5. The summed E-state index contributed by atoms with van der Waals surface area (Å²) in [6.07, 6.45) is 6.63. The maximum absolute atomic E-state index is 10.5. The molecule has 1 heteroatoms. The highest BCUT2D eigenvalue weighted by atomic mass is 16.3. The molecular formula is C20H32O. The van der Waals surface area contributed by atoms with Crippen molar-refractivity contribution in [3.63, 3.8) is 0 Å². The third kappa shape index (κ3) is 5.14. The van der Waals surface area contributed by atoms with Gasteiger partial charge in [-0.2, -0.15) is 0 Å². The van der Waals surface area contributed by atoms with E-state index in [1.165, 1.54) is 36.8 Å². The Morgan fingerprint density at radius 2 is 1.95 bits per heavy atom. The minimum atomic E-state index is -0.154. The zero-order valence-corrected chi connectivity index (χ0v) is 14.2. The second-order valence-electron chi connectivity index (χ2n) is 8.28. The van der Waals surface area contributed by atoms with E-state index in [-0.39, 0.29) is 6.10 Å². The molecule has 1 aliphatic rings. The molecule has 3 unspecified atom stereocenters. The fraction of sp³-hybridized carbons (Fsp3) is 0.700. The number of hydrogen-bond acceptors (Lipinski definition) is 1. The van der Waals surface area contributed by atoms with Crippen LogP contribution in [0.5, 0.6) is 0 Å². The molecule has 1 aromatic carbocycles. The van der Waals surface area contributed by atoms with Gasteiger partial charge in [0.15, 0.2) is 0 Å². The Kier molecular flexibility index (Phi) is 5.48. The van der Waals surface area contributed by atoms with Crippen molar-refractivity contribution in [2.45, 2.75) is 78.2 Å². The molecule has 21 heavy (non-hydrogen) atoms. The first-order valence-electron chi connectivity index (χ1n) is 8.61. The average Bonchev–Trinajstić information content (AvgIpc) is 2.36. The van der Waals surface area contributed by atoms with Gasteiger partial charge in [0.25, 0.3) is 0 Å². The number of benzene rings is 1. The molecule has 0 aromatic heterocycles. The van der Waals surface area contributed by atoms with E-state index in [1.54, 1.807) is 0 Å². The van der Waals surface area contributed by atoms with Crippen LogP contribution in [0, 0.1) is 11.3 Å². The van der Waals surface area contributed by atoms with E-state index in [0.29, 0.717) is 17.3 Å². The SMILES string of the molecule is CC(CC(O)CC1CCCc2ccccc21)CC(C)(C)C. The van der Waals surface area contributed by atoms with Crippen molar-refractivity contribution in [3.8, 4) is 0 Å². The smallest absolute Gasteiger partial charge is 0.0548 e. The molecule has 1 nitrogen and oxygen atoms in total. The van der Waals surface area contributed by atoms with Crippen LogP contribution in [0.3, 0.4) is 0 Å². The summed E-state index contributed by atoms with van der Waals surface area (Å²) in [7, 11) is 0. The highest BCUT2D eigenvalue weighted by molar-refractivity contribution is 5.32. The lowest BCUT2D eigenvalue weighted by molar-refractivity contribution is 0.115. The molecule has 0 aliphatic heterocycles. The first-order chi connectivity index (χ1) is 9.85. The largest absolute Gasteiger partial charge is 0.393 e. The third-order valence-electron chi connectivity index (χ3n) is 4.69. The van der Waals surface area contributed by atoms with E-state index >= 15 is 0 Å². The van der Waals surface area contributed by atoms with Crippen LogP contribution in [0.25, 0.3) is 0 Å². The van der Waals surface area contributed by atoms with Gasteiger partial charge in [-0.1, -0.05) is 52.0 Å². The van der Waals surface area contributed by atoms with Crippen LogP contribution < -0.4 is 0 Å². The molecule has 0 amide bonds. The van der Waals surface area contributed by atoms with E-state index in [9.17, 15) is 5.11 Å². The molecule has 0 fully saturated rings. The minimum absolute atomic E-state index is 0.154. The van der Waals surface area contributed by atoms with Crippen molar-refractivity contribution >= 4 is 0 Å². The molecule has 0 saturated carbocycles. The average molecular weight is 288 g/mol. The van der Waals surface area contributed by atoms with Crippen LogP contribution in [-0.2, 0) is 6.42 Å². The van der Waals surface area contributed by atoms with Crippen molar-refractivity contribution < 1.29 is 5.11 Å². The number of rotatable bonds is 5. The van der Waals surface area contributed by atoms with Crippen LogP contribution in [0.15, 0.2) is 24.3 Å². The van der Waals surface area contributed by atoms with Crippen LogP contribution in [0.2, 0.25) is 0 Å². The minimum Gasteiger partial charge on any atom is -0.393 e. The summed E-state index contributed by atoms with van der Waals surface area (Å²) in [5.74, 6) is 1.16. The lowest BCUT2D eigenvalue weighted by Crippen LogP contribution is -2.21. The molecule has 0 radical (unpaired) electrons. The van der Waals surface area contributed by atoms with Crippen molar-refractivity contribution in [1.82, 2.24) is 0 Å². The van der Waals surface area contributed by atoms with E-state index in [0.717, 1.165) is 12.8 Å². The first-order valence-corrected chi connectivity index (χ1v) is 8.61. The summed E-state index contributed by atoms with van der Waals surface area (Å²) in [6, 6.07) is 8.81. The van der Waals surface area contributed by atoms with Crippen LogP contribution in [0.4, 0.5) is 0 Å². The topological polar surface area (TPSA) is 20.2 Å². The monoisotopic (exact) mass is 288 g/mol. The van der Waals surface area contributed by atoms with Gasteiger partial charge in [0, 0.05) is 0 Å². The van der Waals surface area contributed by atoms with E-state index in [2.05, 4.69) is 52.0 Å². The Balaban J connectivity index is 1.90. The van der Waals surface area contributed by atoms with Gasteiger partial charge in [0.1, 0.15) is 0 Å². The number of aliphatic hydroxyl groups excluding tert-OH is 1. The molecular weight excluding hydrogens is 256 g/mol. The van der Waals surface area contributed by atoms with Crippen molar-refractivity contribution in [1.29, 1.82) is 0 Å². The van der Waals surface area contributed by atoms with Crippen LogP contribution in [-0.4, -0.2) is 11.2 Å². The molecule has 0 heterocycles. The van der Waals surface area contributed by atoms with Crippen LogP contribution >= 0.6 is 0 Å². The summed E-state index contributed by atoms with van der Waals surface area (Å²) < 4.78 is 0. The highest BCUT2D eigenvalue weighted by Gasteiger charge is 2.24. The Morgan fingerprint density at radius 3 is 2.67 bits per heavy atom. The van der Waals surface area contributed by atoms with Gasteiger partial charge >= 0.3 is 0 Å². The van der Waals surface area contributed by atoms with Gasteiger partial charge < -0.3 is 5.11 Å². The maximum atomic E-state index is 10.5. The Bertz CT molecular complexity index is 443. The quantitative estimate of drug-likeness (QED) is 0.777. The number of aliphatic hydroxyl groups is 1. The normalized spacial score (nSPS) is 21.7. The lowest BCUT2D eigenvalue weighted by Gasteiger charge is -2.29. The van der Waals surface area contributed by atoms with Crippen LogP contribution in [0.1, 0.15) is 76.8 Å². The molecule has 1 aliphatic carbocycles. The summed E-state index contributed by atoms with van der Waals surface area (Å²) in [4.78, 5) is 0. The summed E-state index contributed by atoms with van der Waals surface area (Å²) >= 11 is 0. The second-order valence-corrected chi connectivity index (χ2v) is 8.28. The summed E-state index contributed by atoms with van der Waals surface area (Å²) in [5.41, 5.74) is 3.35. The third-order valence-corrected chi connectivity index (χ3v) is 4.69. The molecule has 0 bridgehead atoms. The second kappa shape index (κ2) is 6.96. The van der Waals surface area contributed by atoms with Gasteiger partial charge in [0.2, 0.25) is 0 Å². The maximum Gasteiger partial charge on any atom is 0.0548 e. The lowest BCUT2D eigenvalue weighted by atomic mass is 9.78. The predicted molar refractivity (Wildman–Crippen MR) is 90.6 cm³/mol. The Hall–Kier alpha value is -0.820. The van der Waals surface area contributed by atoms with E-state index in [1.807, 2.05) is 0 Å². The van der Waals surface area contributed by atoms with Gasteiger partial charge in [-0.15, -0.1) is 0 Å². The first kappa shape index (κ1) is 16.5. The molecule has 1 aromatic rings. The predicted octanol–water partition coefficient (Wildman–Crippen LogP) is 5.32. The van der Waals surface area contributed by atoms with Gasteiger partial charge in [0.05, 0.1) is 6.10 Å². The number of fused-ring (bicyclic) bond motifs is 1. The van der Waals surface area contributed by atoms with Gasteiger partial charge in [-0.05, 0) is 66.9 Å². The summed E-state index contributed by atoms with van der Waals surface area (Å²) in [5, 5.41) is 10.5. The highest BCUT2D eigenvalue weighted by Crippen LogP contribution is 2.36. The molecule has 0 saturated heterocycles. The zero-order valence-electron chi connectivity index (χ0n) is 14.2. The molecule has 118 valence electrons. The van der Waals surface area contributed by atoms with Crippen molar-refractivity contribution in [2.75, 3.05) is 0 Å². The van der Waals surface area contributed by atoms with Gasteiger partial charge in [-0.3, -0.25) is 0 Å². The summed E-state index contributed by atoms with van der Waals surface area (Å²) in [6.45, 7) is 9.14. The van der Waals surface area contributed by atoms with E-state index < -0.39 is 0 Å². The fourth-order valence-corrected chi connectivity index (χ4v) is 4.12. The fourth-order valence-electron chi connectivity index (χ4n) is 4.12. The Labute approximate surface area is 130 Å². The molecule has 1 N–H and O–H groups in total. The number of hydrogen-bond donors (Lipinski definition) is 1. The Morgan fingerprint density at radius 1 is 1.24 bits per heavy atom. The van der Waals surface area contributed by atoms with E-state index in [4.69, 9.17) is 0 Å². The number of aryl methyl sites for hydroxylation is 1. The van der Waals surface area contributed by atoms with Gasteiger partial charge in [-0.25, -0.2) is 0 Å².